The Hall–Kier alpha value is -1.44. The Balaban J connectivity index is 2.62. The van der Waals surface area contributed by atoms with Crippen LogP contribution in [0.1, 0.15) is 31.5 Å². The van der Waals surface area contributed by atoms with Crippen LogP contribution in [0, 0.1) is 6.92 Å². The van der Waals surface area contributed by atoms with E-state index >= 15 is 0 Å². The molecule has 1 aromatic carbocycles. The molecule has 2 aromatic rings. The van der Waals surface area contributed by atoms with E-state index in [1.807, 2.05) is 6.08 Å². The van der Waals surface area contributed by atoms with Crippen LogP contribution in [-0.4, -0.2) is 11.9 Å². The molecule has 2 rings (SSSR count). The molecule has 1 heterocycles. The predicted molar refractivity (Wildman–Crippen MR) is 77.6 cm³/mol. The maximum atomic E-state index is 3.94. The van der Waals surface area contributed by atoms with Gasteiger partial charge in [0, 0.05) is 16.6 Å². The van der Waals surface area contributed by atoms with E-state index in [9.17, 15) is 0 Å². The second kappa shape index (κ2) is 4.83. The minimum atomic E-state index is 0.573. The number of para-hydroxylation sites is 1. The molecule has 0 spiro atoms. The Labute approximate surface area is 104 Å². The number of aromatic nitrogens is 1. The normalized spacial score (nSPS) is 12.6. The van der Waals surface area contributed by atoms with Crippen molar-refractivity contribution in [3.8, 4) is 0 Å². The summed E-state index contributed by atoms with van der Waals surface area (Å²) in [4.78, 5) is 0. The van der Waals surface area contributed by atoms with Crippen LogP contribution in [0.2, 0.25) is 5.82 Å². The standard InChI is InChI=1S/C15H19BN/c1-5-11(3)16-17-14(6-2)12(4)13-9-7-8-10-15(13)17/h6-11H,2,5H2,1,3-4H3. The molecule has 1 nitrogen and oxygen atoms in total. The van der Waals surface area contributed by atoms with E-state index in [4.69, 9.17) is 0 Å². The summed E-state index contributed by atoms with van der Waals surface area (Å²) in [5.41, 5.74) is 3.81. The van der Waals surface area contributed by atoms with E-state index in [1.54, 1.807) is 0 Å². The van der Waals surface area contributed by atoms with Gasteiger partial charge in [-0.25, -0.2) is 0 Å². The molecule has 0 amide bonds. The highest BCUT2D eigenvalue weighted by Crippen LogP contribution is 2.26. The molecule has 1 atom stereocenters. The molecule has 0 saturated heterocycles. The monoisotopic (exact) mass is 224 g/mol. The molecule has 2 heteroatoms. The van der Waals surface area contributed by atoms with Crippen LogP contribution in [0.3, 0.4) is 0 Å². The average Bonchev–Trinajstić information content (AvgIpc) is 2.63. The van der Waals surface area contributed by atoms with E-state index in [-0.39, 0.29) is 0 Å². The van der Waals surface area contributed by atoms with Gasteiger partial charge in [-0.15, -0.1) is 0 Å². The Morgan fingerprint density at radius 2 is 2.12 bits per heavy atom. The van der Waals surface area contributed by atoms with Crippen molar-refractivity contribution in [3.63, 3.8) is 0 Å². The van der Waals surface area contributed by atoms with Gasteiger partial charge in [0.05, 0.1) is 0 Å². The van der Waals surface area contributed by atoms with Crippen molar-refractivity contribution in [2.75, 3.05) is 0 Å². The van der Waals surface area contributed by atoms with Crippen molar-refractivity contribution < 1.29 is 0 Å². The maximum absolute atomic E-state index is 3.94. The summed E-state index contributed by atoms with van der Waals surface area (Å²) in [6.45, 7) is 10.6. The van der Waals surface area contributed by atoms with Crippen LogP contribution < -0.4 is 0 Å². The highest BCUT2D eigenvalue weighted by Gasteiger charge is 2.14. The third kappa shape index (κ3) is 2.04. The zero-order valence-corrected chi connectivity index (χ0v) is 10.9. The van der Waals surface area contributed by atoms with Crippen molar-refractivity contribution in [1.82, 2.24) is 4.48 Å². The SMILES string of the molecule is C=Cc1c(C)c2ccccc2n1[B]C(C)CC. The number of aryl methyl sites for hydroxylation is 1. The zero-order valence-electron chi connectivity index (χ0n) is 10.9. The Morgan fingerprint density at radius 3 is 2.76 bits per heavy atom. The maximum Gasteiger partial charge on any atom is 0.255 e. The average molecular weight is 224 g/mol. The summed E-state index contributed by atoms with van der Waals surface area (Å²) in [7, 11) is 2.30. The minimum absolute atomic E-state index is 0.573. The first-order valence-corrected chi connectivity index (χ1v) is 6.26. The highest BCUT2D eigenvalue weighted by atomic mass is 14.9. The molecule has 0 bridgehead atoms. The summed E-state index contributed by atoms with van der Waals surface area (Å²) in [5.74, 6) is 0.573. The smallest absolute Gasteiger partial charge is 0.255 e. The van der Waals surface area contributed by atoms with E-state index in [0.29, 0.717) is 5.82 Å². The van der Waals surface area contributed by atoms with Crippen LogP contribution in [0.5, 0.6) is 0 Å². The lowest BCUT2D eigenvalue weighted by Gasteiger charge is -2.11. The zero-order chi connectivity index (χ0) is 12.4. The van der Waals surface area contributed by atoms with Crippen molar-refractivity contribution >= 4 is 24.4 Å². The molecule has 0 saturated carbocycles. The van der Waals surface area contributed by atoms with Gasteiger partial charge in [-0.05, 0) is 30.4 Å². The van der Waals surface area contributed by atoms with Crippen LogP contribution >= 0.6 is 0 Å². The quantitative estimate of drug-likeness (QED) is 0.683. The fraction of sp³-hybridized carbons (Fsp3) is 0.333. The Kier molecular flexibility index (Phi) is 3.42. The number of rotatable bonds is 4. The first kappa shape index (κ1) is 12.0. The molecule has 1 unspecified atom stereocenters. The molecule has 87 valence electrons. The van der Waals surface area contributed by atoms with E-state index in [2.05, 4.69) is 63.5 Å². The molecule has 0 aliphatic heterocycles. The molecule has 0 aliphatic rings. The van der Waals surface area contributed by atoms with Crippen molar-refractivity contribution in [3.05, 3.63) is 42.1 Å². The number of hydrogen-bond donors (Lipinski definition) is 0. The molecule has 0 fully saturated rings. The third-order valence-electron chi connectivity index (χ3n) is 3.45. The van der Waals surface area contributed by atoms with Crippen LogP contribution in [0.4, 0.5) is 0 Å². The van der Waals surface area contributed by atoms with E-state index in [1.165, 1.54) is 22.2 Å². The first-order valence-electron chi connectivity index (χ1n) is 6.26. The molecule has 0 aliphatic carbocycles. The molecule has 0 N–H and O–H groups in total. The van der Waals surface area contributed by atoms with E-state index in [0.717, 1.165) is 6.42 Å². The largest absolute Gasteiger partial charge is 0.390 e. The van der Waals surface area contributed by atoms with Gasteiger partial charge in [0.1, 0.15) is 0 Å². The number of nitrogens with zero attached hydrogens (tertiary/aromatic N) is 1. The fourth-order valence-electron chi connectivity index (χ4n) is 2.22. The van der Waals surface area contributed by atoms with E-state index < -0.39 is 0 Å². The van der Waals surface area contributed by atoms with Gasteiger partial charge >= 0.3 is 0 Å². The molecule has 1 aromatic heterocycles. The second-order valence-electron chi connectivity index (χ2n) is 4.64. The van der Waals surface area contributed by atoms with Gasteiger partial charge in [0.25, 0.3) is 7.41 Å². The number of fused-ring (bicyclic) bond motifs is 1. The van der Waals surface area contributed by atoms with Crippen molar-refractivity contribution in [2.24, 2.45) is 0 Å². The molecular formula is C15H19BN. The minimum Gasteiger partial charge on any atom is -0.390 e. The fourth-order valence-corrected chi connectivity index (χ4v) is 2.22. The van der Waals surface area contributed by atoms with Crippen molar-refractivity contribution in [2.45, 2.75) is 33.0 Å². The Bertz CT molecular complexity index is 539. The third-order valence-corrected chi connectivity index (χ3v) is 3.45. The predicted octanol–water partition coefficient (Wildman–Crippen LogP) is 4.28. The molecule has 17 heavy (non-hydrogen) atoms. The molecular weight excluding hydrogens is 205 g/mol. The highest BCUT2D eigenvalue weighted by molar-refractivity contribution is 6.38. The lowest BCUT2D eigenvalue weighted by atomic mass is 9.74. The van der Waals surface area contributed by atoms with Gasteiger partial charge in [-0.3, -0.25) is 0 Å². The number of hydrogen-bond acceptors (Lipinski definition) is 0. The van der Waals surface area contributed by atoms with Gasteiger partial charge < -0.3 is 4.48 Å². The summed E-state index contributed by atoms with van der Waals surface area (Å²) >= 11 is 0. The number of benzene rings is 1. The van der Waals surface area contributed by atoms with Crippen LogP contribution in [0.15, 0.2) is 30.8 Å². The lowest BCUT2D eigenvalue weighted by molar-refractivity contribution is 0.855. The van der Waals surface area contributed by atoms with Gasteiger partial charge in [-0.2, -0.15) is 0 Å². The van der Waals surface area contributed by atoms with Crippen molar-refractivity contribution in [1.29, 1.82) is 0 Å². The van der Waals surface area contributed by atoms with Crippen LogP contribution in [-0.2, 0) is 0 Å². The molecule has 1 radical (unpaired) electrons. The van der Waals surface area contributed by atoms with Gasteiger partial charge in [-0.1, -0.05) is 45.0 Å². The van der Waals surface area contributed by atoms with Gasteiger partial charge in [0.15, 0.2) is 0 Å². The topological polar surface area (TPSA) is 4.93 Å². The summed E-state index contributed by atoms with van der Waals surface area (Å²) in [6, 6.07) is 8.54. The van der Waals surface area contributed by atoms with Gasteiger partial charge in [0.2, 0.25) is 0 Å². The Morgan fingerprint density at radius 1 is 1.41 bits per heavy atom. The first-order chi connectivity index (χ1) is 8.19. The summed E-state index contributed by atoms with van der Waals surface area (Å²) in [5, 5.41) is 1.32. The summed E-state index contributed by atoms with van der Waals surface area (Å²) in [6.07, 6.45) is 3.11. The summed E-state index contributed by atoms with van der Waals surface area (Å²) < 4.78 is 2.28. The lowest BCUT2D eigenvalue weighted by Crippen LogP contribution is -2.12. The van der Waals surface area contributed by atoms with Crippen LogP contribution in [0.25, 0.3) is 17.0 Å². The second-order valence-corrected chi connectivity index (χ2v) is 4.64.